The van der Waals surface area contributed by atoms with Gasteiger partial charge in [-0.2, -0.15) is 4.98 Å². The van der Waals surface area contributed by atoms with Crippen LogP contribution in [0, 0.1) is 0 Å². The molecule has 1 saturated carbocycles. The smallest absolute Gasteiger partial charge is 0.317 e. The molecule has 6 N–H and O–H groups in total. The quantitative estimate of drug-likeness (QED) is 0.118. The monoisotopic (exact) mass is 627 g/mol. The summed E-state index contributed by atoms with van der Waals surface area (Å²) >= 11 is 0. The van der Waals surface area contributed by atoms with Crippen LogP contribution < -0.4 is 26.6 Å². The number of nitrogens with zero attached hydrogens (tertiary/aromatic N) is 6. The Labute approximate surface area is 266 Å². The lowest BCUT2D eigenvalue weighted by atomic mass is 9.95. The average Bonchev–Trinajstić information content (AvgIpc) is 3.51. The molecule has 250 valence electrons. The molecule has 3 heterocycles. The van der Waals surface area contributed by atoms with Crippen molar-refractivity contribution in [2.45, 2.75) is 103 Å². The average molecular weight is 628 g/mol. The van der Waals surface area contributed by atoms with E-state index >= 15 is 0 Å². The molecule has 2 aliphatic rings. The maximum Gasteiger partial charge on any atom is 0.317 e. The maximum atomic E-state index is 12.5. The van der Waals surface area contributed by atoms with Gasteiger partial charge >= 0.3 is 5.97 Å². The van der Waals surface area contributed by atoms with Gasteiger partial charge in [-0.1, -0.05) is 31.4 Å². The normalized spacial score (nSPS) is 16.2. The maximum absolute atomic E-state index is 12.5. The zero-order valence-corrected chi connectivity index (χ0v) is 26.9. The molecule has 0 unspecified atom stereocenters. The molecule has 1 amide bonds. The van der Waals surface area contributed by atoms with Gasteiger partial charge in [0.25, 0.3) is 0 Å². The van der Waals surface area contributed by atoms with Crippen LogP contribution in [0.3, 0.4) is 0 Å². The third-order valence-electron chi connectivity index (χ3n) is 8.46. The number of hydrogen-bond acceptors (Lipinski definition) is 11. The summed E-state index contributed by atoms with van der Waals surface area (Å²) in [5.41, 5.74) is 1.78. The fourth-order valence-electron chi connectivity index (χ4n) is 5.88. The molecule has 2 fully saturated rings. The number of piperidine rings is 1. The van der Waals surface area contributed by atoms with E-state index in [-0.39, 0.29) is 18.5 Å². The second kappa shape index (κ2) is 19.2. The minimum atomic E-state index is -0.922. The highest BCUT2D eigenvalue weighted by molar-refractivity contribution is 5.76. The van der Waals surface area contributed by atoms with Crippen molar-refractivity contribution in [3.63, 3.8) is 0 Å². The number of aryl methyl sites for hydroxylation is 2. The Morgan fingerprint density at radius 3 is 2.51 bits per heavy atom. The van der Waals surface area contributed by atoms with Crippen LogP contribution in [0.2, 0.25) is 0 Å². The highest BCUT2D eigenvalue weighted by Gasteiger charge is 2.23. The largest absolute Gasteiger partial charge is 0.480 e. The van der Waals surface area contributed by atoms with Crippen molar-refractivity contribution in [3.8, 4) is 0 Å². The van der Waals surface area contributed by atoms with Crippen molar-refractivity contribution in [2.24, 2.45) is 0 Å². The first kappa shape index (κ1) is 34.5. The van der Waals surface area contributed by atoms with E-state index in [1.807, 2.05) is 21.8 Å². The molecule has 2 aromatic heterocycles. The first-order valence-corrected chi connectivity index (χ1v) is 16.9. The Balaban J connectivity index is 1.11. The molecule has 1 saturated heterocycles. The molecule has 4 rings (SSSR count). The molecule has 45 heavy (non-hydrogen) atoms. The van der Waals surface area contributed by atoms with Crippen LogP contribution in [0.25, 0.3) is 0 Å². The molecule has 0 aromatic carbocycles. The highest BCUT2D eigenvalue weighted by atomic mass is 16.4. The lowest BCUT2D eigenvalue weighted by Crippen LogP contribution is -2.43. The number of carboxylic acids is 1. The SMILES string of the molecule is CCc1cc(NC2CCN(C(=O)CCNCC(=O)O)CC2)nc(NCc2cn(CCCNCCCNC3CCCCC3)nn2)n1. The molecule has 1 aliphatic carbocycles. The van der Waals surface area contributed by atoms with Crippen LogP contribution in [-0.4, -0.2) is 105 Å². The van der Waals surface area contributed by atoms with E-state index in [1.165, 1.54) is 32.1 Å². The van der Waals surface area contributed by atoms with Gasteiger partial charge < -0.3 is 36.6 Å². The van der Waals surface area contributed by atoms with Crippen molar-refractivity contribution in [2.75, 3.05) is 56.4 Å². The molecule has 0 atom stereocenters. The second-order valence-corrected chi connectivity index (χ2v) is 12.1. The van der Waals surface area contributed by atoms with Crippen LogP contribution in [-0.2, 0) is 29.1 Å². The predicted molar refractivity (Wildman–Crippen MR) is 174 cm³/mol. The van der Waals surface area contributed by atoms with Gasteiger partial charge in [0.15, 0.2) is 0 Å². The lowest BCUT2D eigenvalue weighted by Gasteiger charge is -2.32. The standard InChI is InChI=1S/C31H53N11O3/c1-2-24-20-28(36-26-11-18-41(19-12-26)29(43)10-16-33-22-30(44)45)38-31(37-24)35-21-27-23-42(40-39-27)17-7-14-32-13-6-15-34-25-8-4-3-5-9-25/h20,23,25-26,32-34H,2-19,21-22H2,1H3,(H,44,45)(H2,35,36,37,38). The summed E-state index contributed by atoms with van der Waals surface area (Å²) in [6, 6.07) is 2.92. The third kappa shape index (κ3) is 12.9. The van der Waals surface area contributed by atoms with Gasteiger partial charge in [-0.15, -0.1) is 5.10 Å². The number of carboxylic acid groups (broad SMARTS) is 1. The van der Waals surface area contributed by atoms with E-state index in [0.29, 0.717) is 38.5 Å². The van der Waals surface area contributed by atoms with Gasteiger partial charge in [-0.3, -0.25) is 14.3 Å². The summed E-state index contributed by atoms with van der Waals surface area (Å²) in [5, 5.41) is 34.2. The zero-order chi connectivity index (χ0) is 31.7. The van der Waals surface area contributed by atoms with E-state index in [9.17, 15) is 9.59 Å². The number of likely N-dealkylation sites (tertiary alicyclic amines) is 1. The van der Waals surface area contributed by atoms with E-state index in [0.717, 1.165) is 81.5 Å². The Morgan fingerprint density at radius 1 is 0.933 bits per heavy atom. The van der Waals surface area contributed by atoms with Crippen LogP contribution in [0.4, 0.5) is 11.8 Å². The summed E-state index contributed by atoms with van der Waals surface area (Å²) in [6.45, 7) is 8.03. The van der Waals surface area contributed by atoms with E-state index in [1.54, 1.807) is 0 Å². The van der Waals surface area contributed by atoms with Gasteiger partial charge in [0.1, 0.15) is 11.5 Å². The number of rotatable bonds is 20. The summed E-state index contributed by atoms with van der Waals surface area (Å²) < 4.78 is 1.89. The molecule has 2 aromatic rings. The molecule has 0 radical (unpaired) electrons. The van der Waals surface area contributed by atoms with Gasteiger partial charge in [-0.25, -0.2) is 4.98 Å². The molecular weight excluding hydrogens is 574 g/mol. The van der Waals surface area contributed by atoms with Crippen LogP contribution in [0.1, 0.15) is 82.5 Å². The Hall–Kier alpha value is -3.36. The minimum absolute atomic E-state index is 0.0507. The van der Waals surface area contributed by atoms with E-state index in [2.05, 4.69) is 48.8 Å². The fraction of sp³-hybridized carbons (Fsp3) is 0.742. The second-order valence-electron chi connectivity index (χ2n) is 12.1. The first-order valence-electron chi connectivity index (χ1n) is 16.9. The van der Waals surface area contributed by atoms with Gasteiger partial charge in [0.05, 0.1) is 19.3 Å². The molecule has 0 spiro atoms. The summed E-state index contributed by atoms with van der Waals surface area (Å²) in [6.07, 6.45) is 13.7. The first-order chi connectivity index (χ1) is 22.0. The molecular formula is C31H53N11O3. The lowest BCUT2D eigenvalue weighted by molar-refractivity contribution is -0.136. The molecule has 1 aliphatic heterocycles. The summed E-state index contributed by atoms with van der Waals surface area (Å²) in [5.74, 6) is 0.451. The van der Waals surface area contributed by atoms with Crippen molar-refractivity contribution in [1.29, 1.82) is 0 Å². The van der Waals surface area contributed by atoms with E-state index < -0.39 is 5.97 Å². The highest BCUT2D eigenvalue weighted by Crippen LogP contribution is 2.19. The number of hydrogen-bond donors (Lipinski definition) is 6. The van der Waals surface area contributed by atoms with Crippen LogP contribution in [0.5, 0.6) is 0 Å². The number of carbonyl (C=O) groups is 2. The molecule has 14 nitrogen and oxygen atoms in total. The Kier molecular flexibility index (Phi) is 14.7. The zero-order valence-electron chi connectivity index (χ0n) is 26.9. The third-order valence-corrected chi connectivity index (χ3v) is 8.46. The van der Waals surface area contributed by atoms with Crippen molar-refractivity contribution >= 4 is 23.6 Å². The predicted octanol–water partition coefficient (Wildman–Crippen LogP) is 2.00. The molecule has 14 heteroatoms. The number of amides is 1. The minimum Gasteiger partial charge on any atom is -0.480 e. The number of aliphatic carboxylic acids is 1. The summed E-state index contributed by atoms with van der Waals surface area (Å²) in [7, 11) is 0. The fourth-order valence-corrected chi connectivity index (χ4v) is 5.88. The van der Waals surface area contributed by atoms with Crippen molar-refractivity contribution in [3.05, 3.63) is 23.7 Å². The Morgan fingerprint density at radius 2 is 1.73 bits per heavy atom. The number of aromatic nitrogens is 5. The van der Waals surface area contributed by atoms with Gasteiger partial charge in [0.2, 0.25) is 11.9 Å². The molecule has 0 bridgehead atoms. The van der Waals surface area contributed by atoms with Crippen molar-refractivity contribution in [1.82, 2.24) is 45.8 Å². The Bertz CT molecular complexity index is 1160. The topological polar surface area (TPSA) is 174 Å². The van der Waals surface area contributed by atoms with Gasteiger partial charge in [0, 0.05) is 56.4 Å². The number of nitrogens with one attached hydrogen (secondary N) is 5. The van der Waals surface area contributed by atoms with E-state index in [4.69, 9.17) is 10.1 Å². The summed E-state index contributed by atoms with van der Waals surface area (Å²) in [4.78, 5) is 34.2. The van der Waals surface area contributed by atoms with Crippen LogP contribution in [0.15, 0.2) is 12.3 Å². The number of anilines is 2. The number of carbonyl (C=O) groups excluding carboxylic acids is 1. The van der Waals surface area contributed by atoms with Gasteiger partial charge in [-0.05, 0) is 64.6 Å². The van der Waals surface area contributed by atoms with Crippen molar-refractivity contribution < 1.29 is 14.7 Å². The van der Waals surface area contributed by atoms with Crippen LogP contribution >= 0.6 is 0 Å².